The molecule has 0 unspecified atom stereocenters. The number of unbranched alkanes of at least 4 members (excludes halogenated alkanes) is 4. The van der Waals surface area contributed by atoms with E-state index in [0.29, 0.717) is 54.3 Å². The molecule has 3 aliphatic rings. The van der Waals surface area contributed by atoms with E-state index < -0.39 is 23.0 Å². The summed E-state index contributed by atoms with van der Waals surface area (Å²) in [5.74, 6) is 1.45. The number of hydrogen-bond acceptors (Lipinski definition) is 6. The number of ether oxygens (including phenoxy) is 3. The molecular weight excluding hydrogens is 678 g/mol. The van der Waals surface area contributed by atoms with Crippen molar-refractivity contribution in [3.63, 3.8) is 0 Å². The summed E-state index contributed by atoms with van der Waals surface area (Å²) in [7, 11) is 0. The Morgan fingerprint density at radius 1 is 0.830 bits per heavy atom. The molecule has 1 aromatic heterocycles. The van der Waals surface area contributed by atoms with Crippen molar-refractivity contribution in [3.8, 4) is 35.3 Å². The molecule has 3 fully saturated rings. The quantitative estimate of drug-likeness (QED) is 0.0676. The van der Waals surface area contributed by atoms with E-state index in [1.54, 1.807) is 41.0 Å². The number of pyridine rings is 1. The number of carbonyl (C=O) groups excluding carboxylic acids is 1. The molecule has 0 aliphatic carbocycles. The fraction of sp³-hybridized carbons (Fsp3) is 0.429. The molecule has 0 atom stereocenters. The van der Waals surface area contributed by atoms with Crippen LogP contribution in [0.25, 0.3) is 16.6 Å². The van der Waals surface area contributed by atoms with E-state index in [1.807, 2.05) is 13.8 Å². The van der Waals surface area contributed by atoms with Crippen molar-refractivity contribution in [1.82, 2.24) is 9.47 Å². The van der Waals surface area contributed by atoms with Crippen molar-refractivity contribution in [2.24, 2.45) is 0 Å². The highest BCUT2D eigenvalue weighted by Crippen LogP contribution is 2.30. The number of carbonyl (C=O) groups is 1. The summed E-state index contributed by atoms with van der Waals surface area (Å²) < 4.78 is 49.4. The van der Waals surface area contributed by atoms with Crippen LogP contribution in [0.15, 0.2) is 65.6 Å². The highest BCUT2D eigenvalue weighted by atomic mass is 19.1. The lowest BCUT2D eigenvalue weighted by atomic mass is 10.1. The van der Waals surface area contributed by atoms with E-state index >= 15 is 0 Å². The number of benzene rings is 3. The van der Waals surface area contributed by atoms with Gasteiger partial charge in [-0.3, -0.25) is 19.4 Å². The second-order valence-corrected chi connectivity index (χ2v) is 13.9. The van der Waals surface area contributed by atoms with Crippen molar-refractivity contribution >= 4 is 22.5 Å². The van der Waals surface area contributed by atoms with Gasteiger partial charge in [0, 0.05) is 61.5 Å². The molecule has 4 aromatic rings. The summed E-state index contributed by atoms with van der Waals surface area (Å²) in [6.07, 6.45) is 12.6. The molecular formula is C42H49F2N4O5+. The van der Waals surface area contributed by atoms with E-state index in [-0.39, 0.29) is 23.2 Å². The van der Waals surface area contributed by atoms with Crippen LogP contribution in [0.5, 0.6) is 17.2 Å². The predicted octanol–water partition coefficient (Wildman–Crippen LogP) is 6.82. The molecule has 9 nitrogen and oxygen atoms in total. The van der Waals surface area contributed by atoms with Crippen LogP contribution >= 0.6 is 0 Å². The minimum absolute atomic E-state index is 0.106. The summed E-state index contributed by atoms with van der Waals surface area (Å²) >= 11 is 0. The topological polar surface area (TPSA) is 73.2 Å². The Hall–Kier alpha value is -4.92. The lowest BCUT2D eigenvalue weighted by molar-refractivity contribution is -0.941. The maximum absolute atomic E-state index is 14.2. The molecule has 0 spiro atoms. The van der Waals surface area contributed by atoms with E-state index in [2.05, 4.69) is 10.8 Å². The highest BCUT2D eigenvalue weighted by molar-refractivity contribution is 6.08. The minimum Gasteiger partial charge on any atom is -0.494 e. The lowest BCUT2D eigenvalue weighted by Crippen LogP contribution is -2.67. The second-order valence-electron chi connectivity index (χ2n) is 13.9. The van der Waals surface area contributed by atoms with Gasteiger partial charge in [0.15, 0.2) is 0 Å². The van der Waals surface area contributed by atoms with Crippen molar-refractivity contribution in [1.29, 1.82) is 0 Å². The van der Waals surface area contributed by atoms with Gasteiger partial charge in [-0.05, 0) is 57.4 Å². The van der Waals surface area contributed by atoms with E-state index in [9.17, 15) is 18.4 Å². The van der Waals surface area contributed by atoms with Gasteiger partial charge in [-0.25, -0.2) is 8.78 Å². The van der Waals surface area contributed by atoms with Gasteiger partial charge in [-0.15, -0.1) is 6.42 Å². The molecule has 11 heteroatoms. The third-order valence-corrected chi connectivity index (χ3v) is 10.3. The first-order valence-corrected chi connectivity index (χ1v) is 18.7. The van der Waals surface area contributed by atoms with Gasteiger partial charge in [-0.2, -0.15) is 0 Å². The number of amides is 1. The molecule has 3 aromatic carbocycles. The zero-order valence-corrected chi connectivity index (χ0v) is 30.8. The van der Waals surface area contributed by atoms with Crippen molar-refractivity contribution in [2.75, 3.05) is 77.1 Å². The monoisotopic (exact) mass is 727 g/mol. The Kier molecular flexibility index (Phi) is 12.3. The Morgan fingerprint density at radius 2 is 1.47 bits per heavy atom. The Balaban J connectivity index is 1.25. The zero-order valence-electron chi connectivity index (χ0n) is 30.8. The number of fused-ring (bicyclic) bond motifs is 4. The standard InChI is InChI=1S/C42H49F2N4O5/c1-4-14-46(33-24-31(43)23-32(44)25-33)42(50)39-30-47(34-26-36(51-5-2)28-37(27-34)52-6-3)40-29-35(12-13-38(40)41(39)49)53-22-11-9-7-8-10-18-48-19-15-45(16-20-48)17-21-48/h1,12-13,23-30H,5-11,14-22H2,2-3H3/q+1. The largest absolute Gasteiger partial charge is 0.494 e. The van der Waals surface area contributed by atoms with Gasteiger partial charge in [0.25, 0.3) is 5.91 Å². The molecule has 4 heterocycles. The highest BCUT2D eigenvalue weighted by Gasteiger charge is 2.37. The number of terminal acetylenes is 1. The van der Waals surface area contributed by atoms with Crippen LogP contribution in [0.1, 0.15) is 56.3 Å². The van der Waals surface area contributed by atoms with E-state index in [0.717, 1.165) is 29.9 Å². The molecule has 2 bridgehead atoms. The molecule has 0 N–H and O–H groups in total. The summed E-state index contributed by atoms with van der Waals surface area (Å²) in [5, 5.41) is 0.246. The van der Waals surface area contributed by atoms with Crippen molar-refractivity contribution in [3.05, 3.63) is 88.2 Å². The van der Waals surface area contributed by atoms with Crippen LogP contribution in [0.3, 0.4) is 0 Å². The number of piperazine rings is 3. The number of nitrogens with zero attached hydrogens (tertiary/aromatic N) is 4. The summed E-state index contributed by atoms with van der Waals surface area (Å²) in [6.45, 7) is 13.7. The molecule has 0 saturated carbocycles. The first-order chi connectivity index (χ1) is 25.7. The molecule has 53 heavy (non-hydrogen) atoms. The van der Waals surface area contributed by atoms with Crippen LogP contribution in [0, 0.1) is 24.0 Å². The van der Waals surface area contributed by atoms with Gasteiger partial charge in [0.05, 0.1) is 69.4 Å². The third kappa shape index (κ3) is 9.00. The van der Waals surface area contributed by atoms with Crippen LogP contribution < -0.4 is 24.5 Å². The Labute approximate surface area is 310 Å². The maximum Gasteiger partial charge on any atom is 0.264 e. The summed E-state index contributed by atoms with van der Waals surface area (Å²) in [6, 6.07) is 13.2. The fourth-order valence-corrected chi connectivity index (χ4v) is 7.51. The van der Waals surface area contributed by atoms with Gasteiger partial charge < -0.3 is 23.3 Å². The summed E-state index contributed by atoms with van der Waals surface area (Å²) in [5.41, 5.74) is 0.151. The number of hydrogen-bond donors (Lipinski definition) is 0. The van der Waals surface area contributed by atoms with Crippen LogP contribution in [-0.2, 0) is 0 Å². The van der Waals surface area contributed by atoms with Gasteiger partial charge in [0.1, 0.15) is 34.4 Å². The second kappa shape index (κ2) is 17.3. The van der Waals surface area contributed by atoms with Crippen LogP contribution in [-0.4, -0.2) is 92.0 Å². The van der Waals surface area contributed by atoms with Gasteiger partial charge in [0.2, 0.25) is 5.43 Å². The number of halogens is 2. The molecule has 280 valence electrons. The average Bonchev–Trinajstić information content (AvgIpc) is 3.15. The molecule has 3 aliphatic heterocycles. The first kappa shape index (κ1) is 37.8. The third-order valence-electron chi connectivity index (χ3n) is 10.3. The number of rotatable bonds is 17. The van der Waals surface area contributed by atoms with E-state index in [1.165, 1.54) is 75.8 Å². The molecule has 7 rings (SSSR count). The van der Waals surface area contributed by atoms with Crippen molar-refractivity contribution in [2.45, 2.75) is 46.0 Å². The maximum atomic E-state index is 14.2. The molecule has 0 radical (unpaired) electrons. The normalized spacial score (nSPS) is 17.8. The zero-order chi connectivity index (χ0) is 37.4. The van der Waals surface area contributed by atoms with Crippen LogP contribution in [0.2, 0.25) is 0 Å². The fourth-order valence-electron chi connectivity index (χ4n) is 7.51. The Bertz CT molecular complexity index is 1960. The first-order valence-electron chi connectivity index (χ1n) is 18.7. The lowest BCUT2D eigenvalue weighted by Gasteiger charge is -2.50. The average molecular weight is 728 g/mol. The molecule has 3 saturated heterocycles. The SMILES string of the molecule is C#CCN(C(=O)c1cn(-c2cc(OCC)cc(OCC)c2)c2cc(OCCCCCCC[N+]34CCN(CC3)CC4)ccc2c1=O)c1cc(F)cc(F)c1. The van der Waals surface area contributed by atoms with Crippen molar-refractivity contribution < 1.29 is 32.3 Å². The number of anilines is 1. The predicted molar refractivity (Wildman–Crippen MR) is 203 cm³/mol. The van der Waals surface area contributed by atoms with Gasteiger partial charge >= 0.3 is 0 Å². The minimum atomic E-state index is -0.881. The Morgan fingerprint density at radius 3 is 2.11 bits per heavy atom. The number of aromatic nitrogens is 1. The van der Waals surface area contributed by atoms with Gasteiger partial charge in [-0.1, -0.05) is 18.8 Å². The van der Waals surface area contributed by atoms with E-state index in [4.69, 9.17) is 20.6 Å². The molecule has 1 amide bonds. The van der Waals surface area contributed by atoms with Crippen LogP contribution in [0.4, 0.5) is 14.5 Å². The number of quaternary nitrogens is 1. The summed E-state index contributed by atoms with van der Waals surface area (Å²) in [4.78, 5) is 31.7. The smallest absolute Gasteiger partial charge is 0.264 e.